The van der Waals surface area contributed by atoms with E-state index in [-0.39, 0.29) is 0 Å². The summed E-state index contributed by atoms with van der Waals surface area (Å²) in [6.07, 6.45) is 0. The van der Waals surface area contributed by atoms with Crippen LogP contribution in [0.4, 0.5) is 0 Å². The van der Waals surface area contributed by atoms with Crippen LogP contribution in [0.3, 0.4) is 0 Å². The Kier molecular flexibility index (Phi) is 4.11. The minimum absolute atomic E-state index is 0.458. The topological polar surface area (TPSA) is 27.1 Å². The Labute approximate surface area is 129 Å². The summed E-state index contributed by atoms with van der Waals surface area (Å²) in [7, 11) is 0. The summed E-state index contributed by atoms with van der Waals surface area (Å²) in [4.78, 5) is 0. The predicted molar refractivity (Wildman–Crippen MR) is 85.7 cm³/mol. The number of fused-ring (bicyclic) bond motifs is 1. The van der Waals surface area contributed by atoms with Crippen molar-refractivity contribution in [3.8, 4) is 5.75 Å². The van der Waals surface area contributed by atoms with Gasteiger partial charge in [0.2, 0.25) is 0 Å². The number of alkyl halides is 1. The van der Waals surface area contributed by atoms with Crippen LogP contribution in [0.5, 0.6) is 5.75 Å². The zero-order valence-electron chi connectivity index (χ0n) is 11.9. The lowest BCUT2D eigenvalue weighted by Crippen LogP contribution is -2.00. The highest BCUT2D eigenvalue weighted by atomic mass is 35.5. The van der Waals surface area contributed by atoms with Crippen molar-refractivity contribution in [1.82, 2.24) is 9.78 Å². The molecule has 0 aliphatic rings. The molecule has 3 aromatic rings. The van der Waals surface area contributed by atoms with Crippen molar-refractivity contribution in [2.75, 3.05) is 0 Å². The third-order valence-electron chi connectivity index (χ3n) is 3.46. The standard InChI is InChI=1S/C17H17ClN2O/c1-2-20-17-9-4-3-8-15(17)16(19-20)12-21-14-7-5-6-13(10-14)11-18/h3-10H,2,11-12H2,1H3. The van der Waals surface area contributed by atoms with E-state index in [1.807, 2.05) is 41.1 Å². The summed E-state index contributed by atoms with van der Waals surface area (Å²) in [5.74, 6) is 1.31. The third kappa shape index (κ3) is 2.88. The number of ether oxygens (including phenoxy) is 1. The van der Waals surface area contributed by atoms with Gasteiger partial charge in [-0.05, 0) is 30.7 Å². The molecule has 0 saturated heterocycles. The summed E-state index contributed by atoms with van der Waals surface area (Å²) >= 11 is 5.85. The van der Waals surface area contributed by atoms with Gasteiger partial charge in [-0.3, -0.25) is 4.68 Å². The highest BCUT2D eigenvalue weighted by molar-refractivity contribution is 6.17. The molecule has 0 spiro atoms. The molecule has 0 saturated carbocycles. The molecule has 1 heterocycles. The normalized spacial score (nSPS) is 11.0. The number of para-hydroxylation sites is 1. The molecular weight excluding hydrogens is 284 g/mol. The van der Waals surface area contributed by atoms with Crippen molar-refractivity contribution in [1.29, 1.82) is 0 Å². The van der Waals surface area contributed by atoms with Gasteiger partial charge in [0.15, 0.2) is 0 Å². The molecule has 3 rings (SSSR count). The molecule has 21 heavy (non-hydrogen) atoms. The molecule has 4 heteroatoms. The van der Waals surface area contributed by atoms with Crippen LogP contribution in [0.1, 0.15) is 18.2 Å². The van der Waals surface area contributed by atoms with E-state index in [9.17, 15) is 0 Å². The Bertz CT molecular complexity index is 751. The van der Waals surface area contributed by atoms with E-state index in [0.29, 0.717) is 12.5 Å². The minimum atomic E-state index is 0.458. The molecule has 108 valence electrons. The molecule has 0 N–H and O–H groups in total. The number of halogens is 1. The SMILES string of the molecule is CCn1nc(COc2cccc(CCl)c2)c2ccccc21. The second kappa shape index (κ2) is 6.19. The van der Waals surface area contributed by atoms with Crippen molar-refractivity contribution in [2.45, 2.75) is 26.0 Å². The van der Waals surface area contributed by atoms with Gasteiger partial charge in [-0.15, -0.1) is 11.6 Å². The summed E-state index contributed by atoms with van der Waals surface area (Å²) in [6, 6.07) is 16.1. The van der Waals surface area contributed by atoms with E-state index in [1.165, 1.54) is 0 Å². The van der Waals surface area contributed by atoms with E-state index >= 15 is 0 Å². The largest absolute Gasteiger partial charge is 0.487 e. The van der Waals surface area contributed by atoms with Crippen molar-refractivity contribution in [3.05, 3.63) is 59.8 Å². The van der Waals surface area contributed by atoms with Gasteiger partial charge in [0.25, 0.3) is 0 Å². The molecule has 0 aliphatic carbocycles. The molecule has 0 radical (unpaired) electrons. The first-order valence-electron chi connectivity index (χ1n) is 7.04. The molecule has 0 aliphatic heterocycles. The second-order valence-corrected chi connectivity index (χ2v) is 5.12. The highest BCUT2D eigenvalue weighted by Crippen LogP contribution is 2.21. The second-order valence-electron chi connectivity index (χ2n) is 4.85. The number of hydrogen-bond acceptors (Lipinski definition) is 2. The smallest absolute Gasteiger partial charge is 0.133 e. The Morgan fingerprint density at radius 1 is 1.14 bits per heavy atom. The summed E-state index contributed by atoms with van der Waals surface area (Å²) in [6.45, 7) is 3.40. The van der Waals surface area contributed by atoms with Crippen LogP contribution < -0.4 is 4.74 Å². The van der Waals surface area contributed by atoms with Crippen molar-refractivity contribution >= 4 is 22.5 Å². The fourth-order valence-electron chi connectivity index (χ4n) is 2.41. The molecule has 0 atom stereocenters. The lowest BCUT2D eigenvalue weighted by molar-refractivity contribution is 0.300. The average molecular weight is 301 g/mol. The van der Waals surface area contributed by atoms with Crippen LogP contribution in [-0.4, -0.2) is 9.78 Å². The first kappa shape index (κ1) is 14.0. The Balaban J connectivity index is 1.85. The third-order valence-corrected chi connectivity index (χ3v) is 3.77. The average Bonchev–Trinajstić information content (AvgIpc) is 2.91. The molecule has 1 aromatic heterocycles. The minimum Gasteiger partial charge on any atom is -0.487 e. The number of aryl methyl sites for hydroxylation is 1. The van der Waals surface area contributed by atoms with Gasteiger partial charge >= 0.3 is 0 Å². The molecule has 0 amide bonds. The number of aromatic nitrogens is 2. The van der Waals surface area contributed by atoms with Crippen LogP contribution in [0.2, 0.25) is 0 Å². The number of hydrogen-bond donors (Lipinski definition) is 0. The predicted octanol–water partition coefficient (Wildman–Crippen LogP) is 4.37. The zero-order chi connectivity index (χ0) is 14.7. The molecule has 2 aromatic carbocycles. The summed E-state index contributed by atoms with van der Waals surface area (Å²) < 4.78 is 7.87. The fraction of sp³-hybridized carbons (Fsp3) is 0.235. The number of rotatable bonds is 5. The van der Waals surface area contributed by atoms with E-state index in [1.54, 1.807) is 0 Å². The Morgan fingerprint density at radius 2 is 2.00 bits per heavy atom. The van der Waals surface area contributed by atoms with Gasteiger partial charge in [-0.25, -0.2) is 0 Å². The van der Waals surface area contributed by atoms with Gasteiger partial charge in [0.05, 0.1) is 5.52 Å². The molecule has 0 unspecified atom stereocenters. The van der Waals surface area contributed by atoms with Crippen LogP contribution in [-0.2, 0) is 19.0 Å². The summed E-state index contributed by atoms with van der Waals surface area (Å²) in [5.41, 5.74) is 3.16. The highest BCUT2D eigenvalue weighted by Gasteiger charge is 2.09. The van der Waals surface area contributed by atoms with Crippen LogP contribution in [0, 0.1) is 0 Å². The van der Waals surface area contributed by atoms with Gasteiger partial charge in [-0.2, -0.15) is 5.10 Å². The molecule has 0 bridgehead atoms. The first-order valence-corrected chi connectivity index (χ1v) is 7.57. The molecule has 3 nitrogen and oxygen atoms in total. The quantitative estimate of drug-likeness (QED) is 0.654. The van der Waals surface area contributed by atoms with Crippen LogP contribution >= 0.6 is 11.6 Å². The van der Waals surface area contributed by atoms with Gasteiger partial charge in [0.1, 0.15) is 18.1 Å². The first-order chi connectivity index (χ1) is 10.3. The summed E-state index contributed by atoms with van der Waals surface area (Å²) in [5, 5.41) is 5.78. The maximum absolute atomic E-state index is 5.87. The van der Waals surface area contributed by atoms with Gasteiger partial charge < -0.3 is 4.74 Å². The van der Waals surface area contributed by atoms with E-state index in [0.717, 1.165) is 34.5 Å². The van der Waals surface area contributed by atoms with Gasteiger partial charge in [0, 0.05) is 17.8 Å². The fourth-order valence-corrected chi connectivity index (χ4v) is 2.58. The lowest BCUT2D eigenvalue weighted by atomic mass is 10.2. The Morgan fingerprint density at radius 3 is 2.81 bits per heavy atom. The van der Waals surface area contributed by atoms with Crippen LogP contribution in [0.25, 0.3) is 10.9 Å². The van der Waals surface area contributed by atoms with Crippen molar-refractivity contribution in [3.63, 3.8) is 0 Å². The zero-order valence-corrected chi connectivity index (χ0v) is 12.7. The van der Waals surface area contributed by atoms with Crippen molar-refractivity contribution < 1.29 is 4.74 Å². The van der Waals surface area contributed by atoms with E-state index < -0.39 is 0 Å². The monoisotopic (exact) mass is 300 g/mol. The maximum atomic E-state index is 5.87. The van der Waals surface area contributed by atoms with Crippen molar-refractivity contribution in [2.24, 2.45) is 0 Å². The lowest BCUT2D eigenvalue weighted by Gasteiger charge is -2.05. The Hall–Kier alpha value is -2.00. The van der Waals surface area contributed by atoms with E-state index in [2.05, 4.69) is 24.2 Å². The van der Waals surface area contributed by atoms with E-state index in [4.69, 9.17) is 16.3 Å². The number of nitrogens with zero attached hydrogens (tertiary/aromatic N) is 2. The molecular formula is C17H17ClN2O. The van der Waals surface area contributed by atoms with Gasteiger partial charge in [-0.1, -0.05) is 30.3 Å². The number of benzene rings is 2. The van der Waals surface area contributed by atoms with Crippen LogP contribution in [0.15, 0.2) is 48.5 Å². The molecule has 0 fully saturated rings. The maximum Gasteiger partial charge on any atom is 0.133 e.